The largest absolute Gasteiger partial charge is 0.497 e. The average Bonchev–Trinajstić information content (AvgIpc) is 2.53. The molecular formula is C17H21NO2. The Balaban J connectivity index is 2.37. The van der Waals surface area contributed by atoms with E-state index >= 15 is 0 Å². The summed E-state index contributed by atoms with van der Waals surface area (Å²) in [6, 6.07) is 13.8. The molecule has 1 atom stereocenters. The minimum Gasteiger partial charge on any atom is -0.497 e. The van der Waals surface area contributed by atoms with Gasteiger partial charge in [-0.05, 0) is 35.7 Å². The van der Waals surface area contributed by atoms with Crippen LogP contribution >= 0.6 is 0 Å². The smallest absolute Gasteiger partial charge is 0.124 e. The van der Waals surface area contributed by atoms with Gasteiger partial charge in [0.05, 0.1) is 20.3 Å². The lowest BCUT2D eigenvalue weighted by Gasteiger charge is -2.17. The summed E-state index contributed by atoms with van der Waals surface area (Å²) in [5.74, 6) is 1.55. The lowest BCUT2D eigenvalue weighted by molar-refractivity contribution is 0.397. The zero-order valence-corrected chi connectivity index (χ0v) is 12.2. The number of aryl methyl sites for hydroxylation is 1. The highest BCUT2D eigenvalue weighted by Crippen LogP contribution is 2.31. The molecule has 2 N–H and O–H groups in total. The number of benzene rings is 2. The molecular weight excluding hydrogens is 250 g/mol. The second kappa shape index (κ2) is 6.44. The molecule has 0 saturated heterocycles. The summed E-state index contributed by atoms with van der Waals surface area (Å²) in [5, 5.41) is 0. The molecule has 0 aliphatic rings. The van der Waals surface area contributed by atoms with E-state index in [-0.39, 0.29) is 6.04 Å². The average molecular weight is 271 g/mol. The van der Waals surface area contributed by atoms with E-state index in [0.29, 0.717) is 0 Å². The third-order valence-corrected chi connectivity index (χ3v) is 3.52. The van der Waals surface area contributed by atoms with Gasteiger partial charge in [-0.3, -0.25) is 0 Å². The maximum atomic E-state index is 6.37. The molecule has 20 heavy (non-hydrogen) atoms. The van der Waals surface area contributed by atoms with Gasteiger partial charge in [-0.2, -0.15) is 0 Å². The second-order valence-electron chi connectivity index (χ2n) is 4.68. The molecule has 0 aliphatic heterocycles. The zero-order valence-electron chi connectivity index (χ0n) is 12.2. The van der Waals surface area contributed by atoms with Crippen molar-refractivity contribution < 1.29 is 9.47 Å². The molecule has 2 aromatic rings. The molecule has 0 aliphatic carbocycles. The maximum Gasteiger partial charge on any atom is 0.124 e. The van der Waals surface area contributed by atoms with Gasteiger partial charge < -0.3 is 15.2 Å². The normalized spacial score (nSPS) is 12.0. The van der Waals surface area contributed by atoms with Gasteiger partial charge in [-0.1, -0.05) is 31.2 Å². The highest BCUT2D eigenvalue weighted by Gasteiger charge is 2.15. The van der Waals surface area contributed by atoms with Crippen molar-refractivity contribution in [3.63, 3.8) is 0 Å². The molecule has 3 nitrogen and oxygen atoms in total. The molecule has 0 spiro atoms. The number of ether oxygens (including phenoxy) is 2. The van der Waals surface area contributed by atoms with E-state index in [1.807, 2.05) is 18.2 Å². The van der Waals surface area contributed by atoms with E-state index in [9.17, 15) is 0 Å². The Morgan fingerprint density at radius 1 is 1.00 bits per heavy atom. The Morgan fingerprint density at radius 3 is 2.25 bits per heavy atom. The van der Waals surface area contributed by atoms with E-state index in [1.165, 1.54) is 5.56 Å². The van der Waals surface area contributed by atoms with Gasteiger partial charge >= 0.3 is 0 Å². The molecule has 106 valence electrons. The van der Waals surface area contributed by atoms with Crippen LogP contribution < -0.4 is 15.2 Å². The minimum atomic E-state index is -0.231. The van der Waals surface area contributed by atoms with Gasteiger partial charge in [0.25, 0.3) is 0 Å². The first-order valence-electron chi connectivity index (χ1n) is 6.76. The molecule has 2 rings (SSSR count). The third-order valence-electron chi connectivity index (χ3n) is 3.52. The van der Waals surface area contributed by atoms with Gasteiger partial charge in [-0.25, -0.2) is 0 Å². The van der Waals surface area contributed by atoms with Gasteiger partial charge in [0.15, 0.2) is 0 Å². The van der Waals surface area contributed by atoms with E-state index in [4.69, 9.17) is 15.2 Å². The van der Waals surface area contributed by atoms with Crippen molar-refractivity contribution in [3.05, 3.63) is 59.2 Å². The SMILES string of the molecule is CCc1ccc(C(N)c2cc(OC)ccc2OC)cc1. The number of nitrogens with two attached hydrogens (primary N) is 1. The predicted octanol–water partition coefficient (Wildman–Crippen LogP) is 3.31. The van der Waals surface area contributed by atoms with Crippen molar-refractivity contribution in [1.82, 2.24) is 0 Å². The number of methoxy groups -OCH3 is 2. The van der Waals surface area contributed by atoms with Gasteiger partial charge in [0, 0.05) is 5.56 Å². The van der Waals surface area contributed by atoms with Crippen LogP contribution in [0.15, 0.2) is 42.5 Å². The van der Waals surface area contributed by atoms with E-state index < -0.39 is 0 Å². The molecule has 1 unspecified atom stereocenters. The highest BCUT2D eigenvalue weighted by molar-refractivity contribution is 5.46. The molecule has 2 aromatic carbocycles. The van der Waals surface area contributed by atoms with Crippen molar-refractivity contribution in [2.45, 2.75) is 19.4 Å². The van der Waals surface area contributed by atoms with Crippen molar-refractivity contribution in [2.24, 2.45) is 5.73 Å². The summed E-state index contributed by atoms with van der Waals surface area (Å²) in [6.07, 6.45) is 1.03. The van der Waals surface area contributed by atoms with Crippen molar-refractivity contribution >= 4 is 0 Å². The third kappa shape index (κ3) is 2.94. The fourth-order valence-electron chi connectivity index (χ4n) is 2.22. The van der Waals surface area contributed by atoms with Crippen molar-refractivity contribution in [2.75, 3.05) is 14.2 Å². The summed E-state index contributed by atoms with van der Waals surface area (Å²) in [6.45, 7) is 2.14. The first-order valence-corrected chi connectivity index (χ1v) is 6.76. The van der Waals surface area contributed by atoms with Gasteiger partial charge in [-0.15, -0.1) is 0 Å². The first-order chi connectivity index (χ1) is 9.69. The molecule has 0 saturated carbocycles. The van der Waals surface area contributed by atoms with Gasteiger partial charge in [0.1, 0.15) is 11.5 Å². The van der Waals surface area contributed by atoms with Gasteiger partial charge in [0.2, 0.25) is 0 Å². The van der Waals surface area contributed by atoms with E-state index in [1.54, 1.807) is 14.2 Å². The summed E-state index contributed by atoms with van der Waals surface area (Å²) in [5.41, 5.74) is 9.67. The summed E-state index contributed by atoms with van der Waals surface area (Å²) < 4.78 is 10.7. The van der Waals surface area contributed by atoms with E-state index in [2.05, 4.69) is 31.2 Å². The second-order valence-corrected chi connectivity index (χ2v) is 4.68. The predicted molar refractivity (Wildman–Crippen MR) is 81.4 cm³/mol. The first kappa shape index (κ1) is 14.4. The summed E-state index contributed by atoms with van der Waals surface area (Å²) >= 11 is 0. The Labute approximate surface area is 120 Å². The highest BCUT2D eigenvalue weighted by atomic mass is 16.5. The molecule has 0 heterocycles. The number of hydrogen-bond acceptors (Lipinski definition) is 3. The van der Waals surface area contributed by atoms with Crippen LogP contribution in [-0.2, 0) is 6.42 Å². The topological polar surface area (TPSA) is 44.5 Å². The summed E-state index contributed by atoms with van der Waals surface area (Å²) in [7, 11) is 3.30. The molecule has 0 fully saturated rings. The van der Waals surface area contributed by atoms with Crippen LogP contribution in [0.1, 0.15) is 29.7 Å². The van der Waals surface area contributed by atoms with Crippen LogP contribution in [0.25, 0.3) is 0 Å². The van der Waals surface area contributed by atoms with Crippen LogP contribution in [0.4, 0.5) is 0 Å². The summed E-state index contributed by atoms with van der Waals surface area (Å²) in [4.78, 5) is 0. The number of rotatable bonds is 5. The zero-order chi connectivity index (χ0) is 14.5. The monoisotopic (exact) mass is 271 g/mol. The molecule has 0 amide bonds. The Morgan fingerprint density at radius 2 is 1.70 bits per heavy atom. The van der Waals surface area contributed by atoms with Crippen LogP contribution in [0.3, 0.4) is 0 Å². The fourth-order valence-corrected chi connectivity index (χ4v) is 2.22. The molecule has 0 bridgehead atoms. The Bertz CT molecular complexity index is 564. The molecule has 3 heteroatoms. The van der Waals surface area contributed by atoms with Crippen LogP contribution in [-0.4, -0.2) is 14.2 Å². The fraction of sp³-hybridized carbons (Fsp3) is 0.294. The maximum absolute atomic E-state index is 6.37. The van der Waals surface area contributed by atoms with Crippen LogP contribution in [0.2, 0.25) is 0 Å². The molecule has 0 aromatic heterocycles. The quantitative estimate of drug-likeness (QED) is 0.907. The Hall–Kier alpha value is -2.00. The lowest BCUT2D eigenvalue weighted by Crippen LogP contribution is -2.13. The lowest BCUT2D eigenvalue weighted by atomic mass is 9.97. The van der Waals surface area contributed by atoms with Crippen LogP contribution in [0, 0.1) is 0 Å². The van der Waals surface area contributed by atoms with E-state index in [0.717, 1.165) is 29.0 Å². The molecule has 0 radical (unpaired) electrons. The number of hydrogen-bond donors (Lipinski definition) is 1. The Kier molecular flexibility index (Phi) is 4.64. The van der Waals surface area contributed by atoms with Crippen molar-refractivity contribution in [1.29, 1.82) is 0 Å². The van der Waals surface area contributed by atoms with Crippen LogP contribution in [0.5, 0.6) is 11.5 Å². The standard InChI is InChI=1S/C17H21NO2/c1-4-12-5-7-13(8-6-12)17(18)15-11-14(19-2)9-10-16(15)20-3/h5-11,17H,4,18H2,1-3H3. The minimum absolute atomic E-state index is 0.231. The van der Waals surface area contributed by atoms with Crippen molar-refractivity contribution in [3.8, 4) is 11.5 Å².